The second kappa shape index (κ2) is 7.84. The third kappa shape index (κ3) is 4.60. The van der Waals surface area contributed by atoms with Gasteiger partial charge in [0.15, 0.2) is 0 Å². The van der Waals surface area contributed by atoms with Crippen LogP contribution in [-0.4, -0.2) is 17.7 Å². The molecule has 2 aromatic rings. The normalized spacial score (nSPS) is 10.3. The highest BCUT2D eigenvalue weighted by molar-refractivity contribution is 9.10. The number of hydrogen-bond acceptors (Lipinski definition) is 2. The Kier molecular flexibility index (Phi) is 5.81. The molecule has 0 fully saturated rings. The van der Waals surface area contributed by atoms with Gasteiger partial charge in [-0.2, -0.15) is 0 Å². The van der Waals surface area contributed by atoms with Crippen LogP contribution in [0.2, 0.25) is 0 Å². The molecule has 0 saturated heterocycles. The number of rotatable bonds is 7. The monoisotopic (exact) mass is 348 g/mol. The van der Waals surface area contributed by atoms with Gasteiger partial charge in [0, 0.05) is 0 Å². The number of ether oxygens (including phenoxy) is 1. The lowest BCUT2D eigenvalue weighted by Crippen LogP contribution is -2.05. The Bertz CT molecular complexity index is 596. The number of aryl methyl sites for hydroxylation is 1. The molecule has 0 spiro atoms. The first-order valence-corrected chi connectivity index (χ1v) is 7.66. The summed E-state index contributed by atoms with van der Waals surface area (Å²) in [6.45, 7) is 0.510. The average molecular weight is 349 g/mol. The van der Waals surface area contributed by atoms with E-state index in [1.807, 2.05) is 18.2 Å². The molecule has 0 amide bonds. The van der Waals surface area contributed by atoms with Crippen molar-refractivity contribution in [3.63, 3.8) is 0 Å². The maximum absolute atomic E-state index is 11.1. The lowest BCUT2D eigenvalue weighted by atomic mass is 10.1. The zero-order chi connectivity index (χ0) is 15.1. The van der Waals surface area contributed by atoms with Crippen molar-refractivity contribution in [3.05, 3.63) is 64.1 Å². The Balaban J connectivity index is 1.83. The predicted molar refractivity (Wildman–Crippen MR) is 86.0 cm³/mol. The Morgan fingerprint density at radius 3 is 2.52 bits per heavy atom. The molecule has 0 aliphatic heterocycles. The summed E-state index contributed by atoms with van der Waals surface area (Å²) in [6.07, 6.45) is 2.90. The van der Waals surface area contributed by atoms with Gasteiger partial charge in [-0.25, -0.2) is 4.79 Å². The summed E-state index contributed by atoms with van der Waals surface area (Å²) >= 11 is 3.33. The number of para-hydroxylation sites is 1. The van der Waals surface area contributed by atoms with Crippen LogP contribution in [0, 0.1) is 0 Å². The zero-order valence-corrected chi connectivity index (χ0v) is 13.2. The molecule has 0 unspecified atom stereocenters. The maximum atomic E-state index is 11.1. The number of aromatic carboxylic acids is 1. The molecule has 0 saturated carbocycles. The van der Waals surface area contributed by atoms with Crippen molar-refractivity contribution in [2.75, 3.05) is 6.61 Å². The Morgan fingerprint density at radius 2 is 1.81 bits per heavy atom. The van der Waals surface area contributed by atoms with E-state index in [0.29, 0.717) is 16.8 Å². The minimum Gasteiger partial charge on any atom is -0.491 e. The number of carbonyl (C=O) groups is 1. The van der Waals surface area contributed by atoms with Crippen LogP contribution in [0.5, 0.6) is 5.75 Å². The Morgan fingerprint density at radius 1 is 1.05 bits per heavy atom. The molecule has 0 aliphatic rings. The Hall–Kier alpha value is -1.81. The molecule has 21 heavy (non-hydrogen) atoms. The zero-order valence-electron chi connectivity index (χ0n) is 11.6. The van der Waals surface area contributed by atoms with Gasteiger partial charge in [-0.15, -0.1) is 0 Å². The van der Waals surface area contributed by atoms with Gasteiger partial charge < -0.3 is 9.84 Å². The number of carboxylic acid groups (broad SMARTS) is 1. The molecule has 0 aliphatic carbocycles. The van der Waals surface area contributed by atoms with Gasteiger partial charge in [-0.3, -0.25) is 0 Å². The molecule has 4 heteroatoms. The standard InChI is InChI=1S/C17H17BrO3/c18-15-11-6-10-14(17(19)20)16(15)21-12-5-4-9-13-7-2-1-3-8-13/h1-3,6-8,10-11H,4-5,9,12H2,(H,19,20). The predicted octanol–water partition coefficient (Wildman–Crippen LogP) is 4.55. The van der Waals surface area contributed by atoms with Crippen LogP contribution in [0.1, 0.15) is 28.8 Å². The first kappa shape index (κ1) is 15.6. The fourth-order valence-electron chi connectivity index (χ4n) is 2.07. The summed E-state index contributed by atoms with van der Waals surface area (Å²) in [5.74, 6) is -0.569. The van der Waals surface area contributed by atoms with E-state index in [1.54, 1.807) is 18.2 Å². The van der Waals surface area contributed by atoms with Crippen LogP contribution in [0.4, 0.5) is 0 Å². The van der Waals surface area contributed by atoms with Gasteiger partial charge in [0.05, 0.1) is 11.1 Å². The van der Waals surface area contributed by atoms with Gasteiger partial charge in [0.2, 0.25) is 0 Å². The van der Waals surface area contributed by atoms with E-state index < -0.39 is 5.97 Å². The van der Waals surface area contributed by atoms with Crippen LogP contribution in [-0.2, 0) is 6.42 Å². The highest BCUT2D eigenvalue weighted by Crippen LogP contribution is 2.29. The summed E-state index contributed by atoms with van der Waals surface area (Å²) in [5, 5.41) is 9.14. The van der Waals surface area contributed by atoms with Crippen molar-refractivity contribution in [1.82, 2.24) is 0 Å². The number of halogens is 1. The van der Waals surface area contributed by atoms with E-state index in [1.165, 1.54) is 5.56 Å². The molecule has 0 aromatic heterocycles. The SMILES string of the molecule is O=C(O)c1cccc(Br)c1OCCCCc1ccccc1. The highest BCUT2D eigenvalue weighted by atomic mass is 79.9. The highest BCUT2D eigenvalue weighted by Gasteiger charge is 2.13. The van der Waals surface area contributed by atoms with Crippen molar-refractivity contribution in [1.29, 1.82) is 0 Å². The maximum Gasteiger partial charge on any atom is 0.339 e. The lowest BCUT2D eigenvalue weighted by Gasteiger charge is -2.11. The Labute approximate surface area is 132 Å². The molecule has 0 heterocycles. The van der Waals surface area contributed by atoms with Gasteiger partial charge in [-0.1, -0.05) is 36.4 Å². The first-order chi connectivity index (χ1) is 10.2. The van der Waals surface area contributed by atoms with E-state index in [2.05, 4.69) is 28.1 Å². The van der Waals surface area contributed by atoms with Crippen LogP contribution in [0.3, 0.4) is 0 Å². The average Bonchev–Trinajstić information content (AvgIpc) is 2.49. The third-order valence-corrected chi connectivity index (χ3v) is 3.77. The van der Waals surface area contributed by atoms with Gasteiger partial charge >= 0.3 is 5.97 Å². The van der Waals surface area contributed by atoms with Crippen molar-refractivity contribution >= 4 is 21.9 Å². The summed E-state index contributed by atoms with van der Waals surface area (Å²) < 4.78 is 6.31. The fourth-order valence-corrected chi connectivity index (χ4v) is 2.55. The lowest BCUT2D eigenvalue weighted by molar-refractivity contribution is 0.0692. The van der Waals surface area contributed by atoms with Crippen LogP contribution in [0.15, 0.2) is 53.0 Å². The van der Waals surface area contributed by atoms with E-state index >= 15 is 0 Å². The van der Waals surface area contributed by atoms with Crippen molar-refractivity contribution in [2.24, 2.45) is 0 Å². The fraction of sp³-hybridized carbons (Fsp3) is 0.235. The summed E-state index contributed by atoms with van der Waals surface area (Å²) in [4.78, 5) is 11.1. The first-order valence-electron chi connectivity index (χ1n) is 6.87. The quantitative estimate of drug-likeness (QED) is 0.746. The molecule has 2 aromatic carbocycles. The molecule has 2 rings (SSSR count). The summed E-state index contributed by atoms with van der Waals surface area (Å²) in [6, 6.07) is 15.3. The topological polar surface area (TPSA) is 46.5 Å². The molecule has 110 valence electrons. The van der Waals surface area contributed by atoms with Crippen LogP contribution >= 0.6 is 15.9 Å². The van der Waals surface area contributed by atoms with Gasteiger partial charge in [0.1, 0.15) is 11.3 Å². The van der Waals surface area contributed by atoms with Gasteiger partial charge in [-0.05, 0) is 52.9 Å². The molecular weight excluding hydrogens is 332 g/mol. The smallest absolute Gasteiger partial charge is 0.339 e. The van der Waals surface area contributed by atoms with E-state index in [9.17, 15) is 4.79 Å². The number of unbranched alkanes of at least 4 members (excludes halogenated alkanes) is 1. The number of benzene rings is 2. The summed E-state index contributed by atoms with van der Waals surface area (Å²) in [5.41, 5.74) is 1.50. The van der Waals surface area contributed by atoms with Crippen molar-refractivity contribution in [3.8, 4) is 5.75 Å². The largest absolute Gasteiger partial charge is 0.491 e. The molecule has 0 bridgehead atoms. The van der Waals surface area contributed by atoms with Crippen LogP contribution < -0.4 is 4.74 Å². The van der Waals surface area contributed by atoms with Crippen LogP contribution in [0.25, 0.3) is 0 Å². The van der Waals surface area contributed by atoms with E-state index in [-0.39, 0.29) is 5.56 Å². The third-order valence-electron chi connectivity index (χ3n) is 3.15. The van der Waals surface area contributed by atoms with E-state index in [4.69, 9.17) is 9.84 Å². The minimum absolute atomic E-state index is 0.187. The van der Waals surface area contributed by atoms with E-state index in [0.717, 1.165) is 19.3 Å². The number of carboxylic acids is 1. The number of hydrogen-bond donors (Lipinski definition) is 1. The second-order valence-electron chi connectivity index (χ2n) is 4.71. The molecule has 0 radical (unpaired) electrons. The second-order valence-corrected chi connectivity index (χ2v) is 5.57. The molecular formula is C17H17BrO3. The molecule has 1 N–H and O–H groups in total. The van der Waals surface area contributed by atoms with Crippen molar-refractivity contribution in [2.45, 2.75) is 19.3 Å². The molecule has 0 atom stereocenters. The van der Waals surface area contributed by atoms with Crippen molar-refractivity contribution < 1.29 is 14.6 Å². The molecule has 3 nitrogen and oxygen atoms in total. The summed E-state index contributed by atoms with van der Waals surface area (Å²) in [7, 11) is 0. The minimum atomic E-state index is -0.976. The van der Waals surface area contributed by atoms with Gasteiger partial charge in [0.25, 0.3) is 0 Å².